The van der Waals surface area contributed by atoms with Crippen molar-refractivity contribution >= 4 is 58.5 Å². The second kappa shape index (κ2) is 10.4. The maximum absolute atomic E-state index is 13.0. The van der Waals surface area contributed by atoms with Crippen LogP contribution in [0.15, 0.2) is 41.4 Å². The van der Waals surface area contributed by atoms with E-state index in [1.54, 1.807) is 12.3 Å². The van der Waals surface area contributed by atoms with Gasteiger partial charge in [0.25, 0.3) is 5.91 Å². The molecule has 0 saturated heterocycles. The normalized spacial score (nSPS) is 21.5. The molecular formula is C24H27ClN6O3S. The Kier molecular flexibility index (Phi) is 7.56. The fourth-order valence-electron chi connectivity index (χ4n) is 4.35. The van der Waals surface area contributed by atoms with Crippen LogP contribution in [0, 0.1) is 6.92 Å². The summed E-state index contributed by atoms with van der Waals surface area (Å²) >= 11 is 1.49. The predicted molar refractivity (Wildman–Crippen MR) is 138 cm³/mol. The Labute approximate surface area is 213 Å². The predicted octanol–water partition coefficient (Wildman–Crippen LogP) is 3.20. The van der Waals surface area contributed by atoms with E-state index in [0.717, 1.165) is 16.3 Å². The Morgan fingerprint density at radius 2 is 2.03 bits per heavy atom. The number of carbonyl (C=O) groups excluding carboxylic acids is 2. The number of para-hydroxylation sites is 1. The molecule has 35 heavy (non-hydrogen) atoms. The van der Waals surface area contributed by atoms with Gasteiger partial charge in [-0.05, 0) is 56.9 Å². The second-order valence-electron chi connectivity index (χ2n) is 8.81. The largest absolute Gasteiger partial charge is 0.380 e. The number of aliphatic hydroxyl groups is 1. The fraction of sp³-hybridized carbons (Fsp3) is 0.375. The molecule has 1 aliphatic carbocycles. The van der Waals surface area contributed by atoms with Gasteiger partial charge < -0.3 is 21.1 Å². The summed E-state index contributed by atoms with van der Waals surface area (Å²) in [6.07, 6.45) is 3.70. The molecule has 9 nitrogen and oxygen atoms in total. The molecule has 0 unspecified atom stereocenters. The highest BCUT2D eigenvalue weighted by atomic mass is 35.5. The van der Waals surface area contributed by atoms with Crippen molar-refractivity contribution in [3.05, 3.63) is 47.9 Å². The van der Waals surface area contributed by atoms with Gasteiger partial charge >= 0.3 is 0 Å². The van der Waals surface area contributed by atoms with Gasteiger partial charge in [0.05, 0.1) is 33.2 Å². The minimum atomic E-state index is -1.43. The number of benzene rings is 1. The molecular weight excluding hydrogens is 488 g/mol. The molecule has 2 aliphatic rings. The standard InChI is InChI=1S/C24H26N6O3S.ClH/c1-14-11-26-21-17(27-14)3-2-4-18(21)29-23(32)24(33)9-7-15(8-10-24)25-12-16-5-6-19-22(28-16)30-20(31)13-34-19;/h2-6,11,15,25,33H,7-10,12-13H2,1H3,(H,29,32)(H,28,30,31);1H/t15-,24+;. The first-order chi connectivity index (χ1) is 16.4. The molecule has 0 bridgehead atoms. The number of rotatable bonds is 5. The van der Waals surface area contributed by atoms with Crippen molar-refractivity contribution in [2.75, 3.05) is 16.4 Å². The summed E-state index contributed by atoms with van der Waals surface area (Å²) < 4.78 is 0. The summed E-state index contributed by atoms with van der Waals surface area (Å²) in [5, 5.41) is 20.2. The molecule has 11 heteroatoms. The molecule has 2 amide bonds. The lowest BCUT2D eigenvalue weighted by Crippen LogP contribution is -2.48. The first-order valence-corrected chi connectivity index (χ1v) is 12.3. The molecule has 2 aromatic heterocycles. The van der Waals surface area contributed by atoms with Crippen molar-refractivity contribution < 1.29 is 14.7 Å². The number of anilines is 2. The van der Waals surface area contributed by atoms with Crippen LogP contribution in [0.25, 0.3) is 11.0 Å². The lowest BCUT2D eigenvalue weighted by atomic mass is 9.81. The molecule has 0 spiro atoms. The Morgan fingerprint density at radius 1 is 1.23 bits per heavy atom. The van der Waals surface area contributed by atoms with E-state index in [1.165, 1.54) is 11.8 Å². The number of nitrogens with one attached hydrogen (secondary N) is 3. The second-order valence-corrected chi connectivity index (χ2v) is 9.83. The average Bonchev–Trinajstić information content (AvgIpc) is 2.83. The van der Waals surface area contributed by atoms with E-state index in [9.17, 15) is 14.7 Å². The monoisotopic (exact) mass is 514 g/mol. The fourth-order valence-corrected chi connectivity index (χ4v) is 5.11. The molecule has 1 aromatic carbocycles. The first-order valence-electron chi connectivity index (χ1n) is 11.3. The van der Waals surface area contributed by atoms with E-state index in [-0.39, 0.29) is 24.4 Å². The zero-order valence-corrected chi connectivity index (χ0v) is 20.8. The Hall–Kier alpha value is -2.79. The molecule has 1 aliphatic heterocycles. The molecule has 4 N–H and O–H groups in total. The number of carbonyl (C=O) groups is 2. The van der Waals surface area contributed by atoms with Gasteiger partial charge in [-0.3, -0.25) is 14.6 Å². The van der Waals surface area contributed by atoms with Crippen molar-refractivity contribution in [1.29, 1.82) is 0 Å². The van der Waals surface area contributed by atoms with Crippen molar-refractivity contribution in [3.63, 3.8) is 0 Å². The van der Waals surface area contributed by atoms with Crippen LogP contribution in [0.3, 0.4) is 0 Å². The number of thioether (sulfide) groups is 1. The molecule has 0 atom stereocenters. The number of fused-ring (bicyclic) bond motifs is 2. The van der Waals surface area contributed by atoms with Crippen LogP contribution in [-0.2, 0) is 16.1 Å². The van der Waals surface area contributed by atoms with E-state index in [1.807, 2.05) is 31.2 Å². The van der Waals surface area contributed by atoms with Gasteiger partial charge in [-0.25, -0.2) is 9.97 Å². The Balaban J connectivity index is 0.00000289. The van der Waals surface area contributed by atoms with Crippen molar-refractivity contribution in [2.45, 2.75) is 55.7 Å². The van der Waals surface area contributed by atoms with Gasteiger partial charge in [0.2, 0.25) is 5.91 Å². The zero-order chi connectivity index (χ0) is 23.7. The van der Waals surface area contributed by atoms with Gasteiger partial charge in [-0.2, -0.15) is 0 Å². The summed E-state index contributed by atoms with van der Waals surface area (Å²) in [5.41, 5.74) is 2.07. The molecule has 1 fully saturated rings. The van der Waals surface area contributed by atoms with Crippen LogP contribution in [0.1, 0.15) is 37.1 Å². The third kappa shape index (κ3) is 5.56. The highest BCUT2D eigenvalue weighted by Crippen LogP contribution is 2.32. The Morgan fingerprint density at radius 3 is 2.83 bits per heavy atom. The van der Waals surface area contributed by atoms with Gasteiger partial charge in [0.1, 0.15) is 16.9 Å². The number of aromatic nitrogens is 3. The summed E-state index contributed by atoms with van der Waals surface area (Å²) in [4.78, 5) is 38.9. The highest BCUT2D eigenvalue weighted by molar-refractivity contribution is 8.00. The summed E-state index contributed by atoms with van der Waals surface area (Å²) in [6, 6.07) is 9.54. The van der Waals surface area contributed by atoms with Crippen molar-refractivity contribution in [2.24, 2.45) is 0 Å². The maximum Gasteiger partial charge on any atom is 0.256 e. The van der Waals surface area contributed by atoms with Crippen molar-refractivity contribution in [3.8, 4) is 0 Å². The topological polar surface area (TPSA) is 129 Å². The van der Waals surface area contributed by atoms with E-state index in [0.29, 0.717) is 60.5 Å². The molecule has 1 saturated carbocycles. The van der Waals surface area contributed by atoms with Crippen LogP contribution in [0.2, 0.25) is 0 Å². The quantitative estimate of drug-likeness (QED) is 0.408. The minimum Gasteiger partial charge on any atom is -0.380 e. The van der Waals surface area contributed by atoms with Crippen LogP contribution < -0.4 is 16.0 Å². The number of aryl methyl sites for hydroxylation is 1. The van der Waals surface area contributed by atoms with Crippen LogP contribution in [-0.4, -0.2) is 49.3 Å². The number of hydrogen-bond donors (Lipinski definition) is 4. The van der Waals surface area contributed by atoms with Gasteiger partial charge in [0.15, 0.2) is 0 Å². The van der Waals surface area contributed by atoms with Gasteiger partial charge in [-0.1, -0.05) is 6.07 Å². The summed E-state index contributed by atoms with van der Waals surface area (Å²) in [5.74, 6) is 0.581. The van der Waals surface area contributed by atoms with Gasteiger partial charge in [0, 0.05) is 18.8 Å². The molecule has 3 aromatic rings. The van der Waals surface area contributed by atoms with E-state index in [2.05, 4.69) is 30.9 Å². The summed E-state index contributed by atoms with van der Waals surface area (Å²) in [6.45, 7) is 2.42. The smallest absolute Gasteiger partial charge is 0.256 e. The summed E-state index contributed by atoms with van der Waals surface area (Å²) in [7, 11) is 0. The zero-order valence-electron chi connectivity index (χ0n) is 19.2. The Bertz CT molecular complexity index is 1270. The number of nitrogens with zero attached hydrogens (tertiary/aromatic N) is 3. The molecule has 0 radical (unpaired) electrons. The average molecular weight is 515 g/mol. The lowest BCUT2D eigenvalue weighted by Gasteiger charge is -2.35. The van der Waals surface area contributed by atoms with E-state index < -0.39 is 11.5 Å². The minimum absolute atomic E-state index is 0. The van der Waals surface area contributed by atoms with Crippen LogP contribution in [0.4, 0.5) is 11.5 Å². The van der Waals surface area contributed by atoms with E-state index in [4.69, 9.17) is 0 Å². The highest BCUT2D eigenvalue weighted by Gasteiger charge is 2.40. The number of pyridine rings is 1. The number of amides is 2. The molecule has 184 valence electrons. The van der Waals surface area contributed by atoms with Crippen LogP contribution >= 0.6 is 24.2 Å². The van der Waals surface area contributed by atoms with Crippen molar-refractivity contribution in [1.82, 2.24) is 20.3 Å². The SMILES string of the molecule is Cc1cnc2c(NC(=O)[C@]3(O)CC[C@@H](NCc4ccc5c(n4)NC(=O)CS5)CC3)cccc2n1.Cl. The molecule has 5 rings (SSSR count). The van der Waals surface area contributed by atoms with Gasteiger partial charge in [-0.15, -0.1) is 24.2 Å². The number of halogens is 1. The third-order valence-electron chi connectivity index (χ3n) is 6.28. The first kappa shape index (κ1) is 25.3. The third-order valence-corrected chi connectivity index (χ3v) is 7.33. The lowest BCUT2D eigenvalue weighted by molar-refractivity contribution is -0.137. The van der Waals surface area contributed by atoms with Crippen LogP contribution in [0.5, 0.6) is 0 Å². The number of hydrogen-bond acceptors (Lipinski definition) is 8. The van der Waals surface area contributed by atoms with E-state index >= 15 is 0 Å². The molecule has 3 heterocycles. The maximum atomic E-state index is 13.0.